The first-order chi connectivity index (χ1) is 4.16. The molecule has 4 N–H and O–H groups in total. The predicted octanol–water partition coefficient (Wildman–Crippen LogP) is 0.654. The molecule has 0 saturated carbocycles. The van der Waals surface area contributed by atoms with Crippen molar-refractivity contribution in [2.24, 2.45) is 22.6 Å². The number of hydrazone groups is 1. The molecule has 0 aromatic heterocycles. The van der Waals surface area contributed by atoms with Crippen molar-refractivity contribution in [2.45, 2.75) is 26.7 Å². The minimum absolute atomic E-state index is 0.545. The molecule has 0 unspecified atom stereocenters. The van der Waals surface area contributed by atoms with E-state index in [0.29, 0.717) is 11.8 Å². The van der Waals surface area contributed by atoms with Gasteiger partial charge in [-0.05, 0) is 12.3 Å². The number of hydrogen-bond acceptors (Lipinski definition) is 2. The van der Waals surface area contributed by atoms with Crippen LogP contribution in [0.4, 0.5) is 0 Å². The van der Waals surface area contributed by atoms with Gasteiger partial charge in [-0.25, -0.2) is 0 Å². The largest absolute Gasteiger partial charge is 0.386 e. The van der Waals surface area contributed by atoms with Gasteiger partial charge in [0, 0.05) is 6.42 Å². The van der Waals surface area contributed by atoms with Gasteiger partial charge >= 0.3 is 0 Å². The average Bonchev–Trinajstić information content (AvgIpc) is 1.83. The van der Waals surface area contributed by atoms with E-state index in [1.165, 1.54) is 0 Å². The zero-order valence-corrected chi connectivity index (χ0v) is 6.09. The van der Waals surface area contributed by atoms with Gasteiger partial charge in [0.05, 0.1) is 0 Å². The molecule has 0 aliphatic heterocycles. The molecule has 0 atom stereocenters. The molecule has 3 nitrogen and oxygen atoms in total. The number of rotatable bonds is 3. The van der Waals surface area contributed by atoms with Crippen molar-refractivity contribution in [2.75, 3.05) is 0 Å². The molecule has 0 aromatic carbocycles. The molecular formula is C6H15N3. The van der Waals surface area contributed by atoms with E-state index in [0.717, 1.165) is 12.8 Å². The van der Waals surface area contributed by atoms with E-state index >= 15 is 0 Å². The minimum atomic E-state index is 0.545. The third-order valence-electron chi connectivity index (χ3n) is 1.14. The zero-order chi connectivity index (χ0) is 7.28. The molecule has 3 heteroatoms. The smallest absolute Gasteiger partial charge is 0.119 e. The second kappa shape index (κ2) is 4.18. The lowest BCUT2D eigenvalue weighted by Gasteiger charge is -2.01. The molecule has 0 saturated heterocycles. The highest BCUT2D eigenvalue weighted by Crippen LogP contribution is 2.01. The Morgan fingerprint density at radius 2 is 2.11 bits per heavy atom. The van der Waals surface area contributed by atoms with Gasteiger partial charge in [-0.1, -0.05) is 13.8 Å². The summed E-state index contributed by atoms with van der Waals surface area (Å²) in [6.07, 6.45) is 1.88. The number of nitrogens with two attached hydrogens (primary N) is 2. The van der Waals surface area contributed by atoms with E-state index in [1.807, 2.05) is 0 Å². The van der Waals surface area contributed by atoms with Crippen LogP contribution in [0.2, 0.25) is 0 Å². The molecule has 54 valence electrons. The molecule has 0 amide bonds. The van der Waals surface area contributed by atoms with Gasteiger partial charge < -0.3 is 11.6 Å². The normalized spacial score (nSPS) is 12.6. The molecule has 0 spiro atoms. The Bertz CT molecular complexity index is 96.5. The topological polar surface area (TPSA) is 64.4 Å². The quantitative estimate of drug-likeness (QED) is 0.254. The fourth-order valence-electron chi connectivity index (χ4n) is 0.501. The summed E-state index contributed by atoms with van der Waals surface area (Å²) in [5.74, 6) is 6.14. The Hall–Kier alpha value is -0.730. The van der Waals surface area contributed by atoms with Crippen LogP contribution in [-0.4, -0.2) is 5.84 Å². The Morgan fingerprint density at radius 3 is 2.44 bits per heavy atom. The van der Waals surface area contributed by atoms with Crippen LogP contribution in [0.1, 0.15) is 26.7 Å². The van der Waals surface area contributed by atoms with Crippen molar-refractivity contribution in [3.63, 3.8) is 0 Å². The van der Waals surface area contributed by atoms with E-state index < -0.39 is 0 Å². The molecule has 0 aromatic rings. The van der Waals surface area contributed by atoms with E-state index in [2.05, 4.69) is 18.9 Å². The molecule has 0 aliphatic rings. The molecule has 0 bridgehead atoms. The van der Waals surface area contributed by atoms with E-state index in [1.54, 1.807) is 0 Å². The maximum absolute atomic E-state index is 5.35. The van der Waals surface area contributed by atoms with Crippen LogP contribution >= 0.6 is 0 Å². The summed E-state index contributed by atoms with van der Waals surface area (Å²) in [6, 6.07) is 0. The lowest BCUT2D eigenvalue weighted by atomic mass is 10.1. The molecule has 0 fully saturated rings. The summed E-state index contributed by atoms with van der Waals surface area (Å²) < 4.78 is 0. The molecule has 0 radical (unpaired) electrons. The second-order valence-electron chi connectivity index (χ2n) is 2.55. The van der Waals surface area contributed by atoms with Gasteiger partial charge in [-0.2, -0.15) is 5.10 Å². The third-order valence-corrected chi connectivity index (χ3v) is 1.14. The number of nitrogens with zero attached hydrogens (tertiary/aromatic N) is 1. The van der Waals surface area contributed by atoms with E-state index in [4.69, 9.17) is 11.6 Å². The number of hydrogen-bond donors (Lipinski definition) is 2. The van der Waals surface area contributed by atoms with Gasteiger partial charge in [-0.3, -0.25) is 0 Å². The van der Waals surface area contributed by atoms with Crippen LogP contribution in [0.15, 0.2) is 5.10 Å². The highest BCUT2D eigenvalue weighted by Gasteiger charge is 1.95. The fourth-order valence-corrected chi connectivity index (χ4v) is 0.501. The summed E-state index contributed by atoms with van der Waals surface area (Å²) >= 11 is 0. The first-order valence-corrected chi connectivity index (χ1v) is 3.19. The molecule has 0 aliphatic carbocycles. The van der Waals surface area contributed by atoms with Crippen LogP contribution in [0.25, 0.3) is 0 Å². The maximum Gasteiger partial charge on any atom is 0.119 e. The van der Waals surface area contributed by atoms with Crippen molar-refractivity contribution in [3.05, 3.63) is 0 Å². The Labute approximate surface area is 56.1 Å². The SMILES string of the molecule is CC(C)CC/C(N)=N/N. The second-order valence-corrected chi connectivity index (χ2v) is 2.55. The van der Waals surface area contributed by atoms with Gasteiger partial charge in [0.1, 0.15) is 5.84 Å². The first-order valence-electron chi connectivity index (χ1n) is 3.19. The lowest BCUT2D eigenvalue weighted by molar-refractivity contribution is 0.602. The monoisotopic (exact) mass is 129 g/mol. The summed E-state index contributed by atoms with van der Waals surface area (Å²) in [5, 5.41) is 3.35. The van der Waals surface area contributed by atoms with Crippen LogP contribution in [-0.2, 0) is 0 Å². The van der Waals surface area contributed by atoms with Crippen molar-refractivity contribution in [1.29, 1.82) is 0 Å². The summed E-state index contributed by atoms with van der Waals surface area (Å²) in [4.78, 5) is 0. The van der Waals surface area contributed by atoms with E-state index in [-0.39, 0.29) is 0 Å². The van der Waals surface area contributed by atoms with Gasteiger partial charge in [0.15, 0.2) is 0 Å². The van der Waals surface area contributed by atoms with E-state index in [9.17, 15) is 0 Å². The molecule has 0 heterocycles. The average molecular weight is 129 g/mol. The third kappa shape index (κ3) is 5.14. The highest BCUT2D eigenvalue weighted by atomic mass is 15.1. The summed E-state index contributed by atoms with van der Waals surface area (Å²) in [7, 11) is 0. The minimum Gasteiger partial charge on any atom is -0.386 e. The predicted molar refractivity (Wildman–Crippen MR) is 39.9 cm³/mol. The molecular weight excluding hydrogens is 114 g/mol. The van der Waals surface area contributed by atoms with Crippen LogP contribution < -0.4 is 11.6 Å². The van der Waals surface area contributed by atoms with Gasteiger partial charge in [0.25, 0.3) is 0 Å². The molecule has 9 heavy (non-hydrogen) atoms. The van der Waals surface area contributed by atoms with Crippen molar-refractivity contribution < 1.29 is 0 Å². The Morgan fingerprint density at radius 1 is 1.56 bits per heavy atom. The summed E-state index contributed by atoms with van der Waals surface area (Å²) in [6.45, 7) is 4.29. The van der Waals surface area contributed by atoms with Gasteiger partial charge in [0.2, 0.25) is 0 Å². The van der Waals surface area contributed by atoms with Crippen LogP contribution in [0.5, 0.6) is 0 Å². The number of amidine groups is 1. The summed E-state index contributed by atoms with van der Waals surface area (Å²) in [5.41, 5.74) is 5.35. The van der Waals surface area contributed by atoms with Crippen LogP contribution in [0, 0.1) is 5.92 Å². The standard InChI is InChI=1S/C6H15N3/c1-5(2)3-4-6(7)9-8/h5H,3-4,8H2,1-2H3,(H2,7,9). The fraction of sp³-hybridized carbons (Fsp3) is 0.833. The lowest BCUT2D eigenvalue weighted by Crippen LogP contribution is -2.14. The Balaban J connectivity index is 3.28. The van der Waals surface area contributed by atoms with Crippen molar-refractivity contribution in [3.8, 4) is 0 Å². The highest BCUT2D eigenvalue weighted by molar-refractivity contribution is 5.79. The van der Waals surface area contributed by atoms with Crippen molar-refractivity contribution >= 4 is 5.84 Å². The molecule has 0 rings (SSSR count). The maximum atomic E-state index is 5.35. The zero-order valence-electron chi connectivity index (χ0n) is 6.09. The van der Waals surface area contributed by atoms with Crippen LogP contribution in [0.3, 0.4) is 0 Å². The first kappa shape index (κ1) is 8.27. The van der Waals surface area contributed by atoms with Crippen molar-refractivity contribution in [1.82, 2.24) is 0 Å². The Kier molecular flexibility index (Phi) is 3.84. The van der Waals surface area contributed by atoms with Gasteiger partial charge in [-0.15, -0.1) is 0 Å².